The molecule has 0 saturated carbocycles. The Labute approximate surface area is 128 Å². The molecule has 0 aromatic heterocycles. The lowest BCUT2D eigenvalue weighted by Crippen LogP contribution is -2.29. The lowest BCUT2D eigenvalue weighted by Gasteiger charge is -2.18. The summed E-state index contributed by atoms with van der Waals surface area (Å²) in [5.74, 6) is 5.74. The highest BCUT2D eigenvalue weighted by atomic mass is 127. The molecule has 3 N–H and O–H groups in total. The van der Waals surface area contributed by atoms with Crippen LogP contribution in [-0.4, -0.2) is 0 Å². The van der Waals surface area contributed by atoms with Gasteiger partial charge >= 0.3 is 0 Å². The van der Waals surface area contributed by atoms with Crippen molar-refractivity contribution in [3.05, 3.63) is 68.3 Å². The van der Waals surface area contributed by atoms with Gasteiger partial charge in [-0.2, -0.15) is 0 Å². The fraction of sp³-hybridized carbons (Fsp3) is 0.250. The number of aryl methyl sites for hydroxylation is 2. The topological polar surface area (TPSA) is 38.0 Å². The Hall–Kier alpha value is -0.910. The summed E-state index contributed by atoms with van der Waals surface area (Å²) in [6.07, 6.45) is 0.907. The molecule has 0 radical (unpaired) electrons. The van der Waals surface area contributed by atoms with Crippen molar-refractivity contribution in [1.82, 2.24) is 5.43 Å². The Balaban J connectivity index is 2.26. The van der Waals surface area contributed by atoms with Gasteiger partial charge in [0.15, 0.2) is 0 Å². The summed E-state index contributed by atoms with van der Waals surface area (Å²) in [7, 11) is 0. The average molecular weight is 366 g/mol. The van der Waals surface area contributed by atoms with Crippen LogP contribution in [0.3, 0.4) is 0 Å². The molecule has 2 aromatic carbocycles. The van der Waals surface area contributed by atoms with Crippen molar-refractivity contribution in [1.29, 1.82) is 0 Å². The first-order valence-corrected chi connectivity index (χ1v) is 7.45. The number of hydrazine groups is 1. The zero-order valence-corrected chi connectivity index (χ0v) is 13.4. The standard InChI is InChI=1S/C16H19IN2/c1-11-6-7-12(2)14(8-11)10-16(19-18)13-4-3-5-15(17)9-13/h3-9,16,19H,10,18H2,1-2H3. The van der Waals surface area contributed by atoms with Gasteiger partial charge < -0.3 is 0 Å². The Kier molecular flexibility index (Phi) is 4.96. The third-order valence-corrected chi connectivity index (χ3v) is 4.05. The number of halogens is 1. The highest BCUT2D eigenvalue weighted by Crippen LogP contribution is 2.22. The van der Waals surface area contributed by atoms with Crippen LogP contribution >= 0.6 is 22.6 Å². The molecular formula is C16H19IN2. The number of hydrogen-bond acceptors (Lipinski definition) is 2. The Morgan fingerprint density at radius 2 is 1.95 bits per heavy atom. The number of hydrogen-bond donors (Lipinski definition) is 2. The molecular weight excluding hydrogens is 347 g/mol. The van der Waals surface area contributed by atoms with E-state index >= 15 is 0 Å². The van der Waals surface area contributed by atoms with E-state index < -0.39 is 0 Å². The van der Waals surface area contributed by atoms with Crippen LogP contribution in [-0.2, 0) is 6.42 Å². The Morgan fingerprint density at radius 3 is 2.63 bits per heavy atom. The van der Waals surface area contributed by atoms with E-state index in [2.05, 4.69) is 84.3 Å². The number of benzene rings is 2. The van der Waals surface area contributed by atoms with Crippen LogP contribution < -0.4 is 11.3 Å². The summed E-state index contributed by atoms with van der Waals surface area (Å²) < 4.78 is 1.23. The molecule has 0 saturated heterocycles. The lowest BCUT2D eigenvalue weighted by atomic mass is 9.95. The number of rotatable bonds is 4. The molecule has 0 aliphatic rings. The van der Waals surface area contributed by atoms with Crippen molar-refractivity contribution >= 4 is 22.6 Å². The molecule has 19 heavy (non-hydrogen) atoms. The second kappa shape index (κ2) is 6.50. The summed E-state index contributed by atoms with van der Waals surface area (Å²) in [5, 5.41) is 0. The molecule has 0 heterocycles. The van der Waals surface area contributed by atoms with Crippen molar-refractivity contribution < 1.29 is 0 Å². The first kappa shape index (κ1) is 14.5. The fourth-order valence-corrected chi connectivity index (χ4v) is 2.80. The van der Waals surface area contributed by atoms with E-state index in [-0.39, 0.29) is 6.04 Å². The van der Waals surface area contributed by atoms with Crippen LogP contribution in [0.25, 0.3) is 0 Å². The average Bonchev–Trinajstić information content (AvgIpc) is 2.39. The summed E-state index contributed by atoms with van der Waals surface area (Å²) in [6.45, 7) is 4.27. The second-order valence-corrected chi connectivity index (χ2v) is 6.15. The molecule has 0 bridgehead atoms. The number of nitrogens with one attached hydrogen (secondary N) is 1. The van der Waals surface area contributed by atoms with Crippen LogP contribution in [0.5, 0.6) is 0 Å². The van der Waals surface area contributed by atoms with E-state index in [4.69, 9.17) is 5.84 Å². The predicted molar refractivity (Wildman–Crippen MR) is 88.8 cm³/mol. The maximum Gasteiger partial charge on any atom is 0.0500 e. The SMILES string of the molecule is Cc1ccc(C)c(CC(NN)c2cccc(I)c2)c1. The van der Waals surface area contributed by atoms with E-state index in [1.807, 2.05) is 0 Å². The van der Waals surface area contributed by atoms with Gasteiger partial charge in [0, 0.05) is 3.57 Å². The zero-order valence-electron chi connectivity index (χ0n) is 11.3. The van der Waals surface area contributed by atoms with Gasteiger partial charge in [0.05, 0.1) is 6.04 Å². The molecule has 0 fully saturated rings. The summed E-state index contributed by atoms with van der Waals surface area (Å²) in [6, 6.07) is 15.2. The van der Waals surface area contributed by atoms with Gasteiger partial charge in [0.2, 0.25) is 0 Å². The molecule has 100 valence electrons. The molecule has 1 atom stereocenters. The highest BCUT2D eigenvalue weighted by Gasteiger charge is 2.12. The molecule has 0 aliphatic carbocycles. The zero-order chi connectivity index (χ0) is 13.8. The summed E-state index contributed by atoms with van der Waals surface area (Å²) in [5.41, 5.74) is 8.12. The molecule has 0 aliphatic heterocycles. The molecule has 2 aromatic rings. The van der Waals surface area contributed by atoms with Crippen LogP contribution in [0.2, 0.25) is 0 Å². The maximum atomic E-state index is 5.74. The van der Waals surface area contributed by atoms with Crippen LogP contribution in [0.4, 0.5) is 0 Å². The van der Waals surface area contributed by atoms with Crippen molar-refractivity contribution in [2.75, 3.05) is 0 Å². The van der Waals surface area contributed by atoms with Gasteiger partial charge in [-0.3, -0.25) is 11.3 Å². The van der Waals surface area contributed by atoms with Crippen molar-refractivity contribution in [3.63, 3.8) is 0 Å². The smallest absolute Gasteiger partial charge is 0.0500 e. The Bertz CT molecular complexity index is 566. The second-order valence-electron chi connectivity index (χ2n) is 4.91. The summed E-state index contributed by atoms with van der Waals surface area (Å²) >= 11 is 2.33. The third kappa shape index (κ3) is 3.78. The van der Waals surface area contributed by atoms with Crippen LogP contribution in [0, 0.1) is 17.4 Å². The van der Waals surface area contributed by atoms with Crippen molar-refractivity contribution in [3.8, 4) is 0 Å². The van der Waals surface area contributed by atoms with Gasteiger partial charge in [-0.1, -0.05) is 35.9 Å². The highest BCUT2D eigenvalue weighted by molar-refractivity contribution is 14.1. The minimum absolute atomic E-state index is 0.148. The molecule has 0 spiro atoms. The monoisotopic (exact) mass is 366 g/mol. The largest absolute Gasteiger partial charge is 0.271 e. The quantitative estimate of drug-likeness (QED) is 0.493. The predicted octanol–water partition coefficient (Wildman–Crippen LogP) is 3.66. The molecule has 3 heteroatoms. The Morgan fingerprint density at radius 1 is 1.16 bits per heavy atom. The van der Waals surface area contributed by atoms with E-state index in [0.717, 1.165) is 6.42 Å². The van der Waals surface area contributed by atoms with Gasteiger partial charge in [-0.05, 0) is 71.7 Å². The number of nitrogens with two attached hydrogens (primary N) is 1. The summed E-state index contributed by atoms with van der Waals surface area (Å²) in [4.78, 5) is 0. The van der Waals surface area contributed by atoms with Gasteiger partial charge in [0.1, 0.15) is 0 Å². The van der Waals surface area contributed by atoms with Gasteiger partial charge in [0.25, 0.3) is 0 Å². The van der Waals surface area contributed by atoms with E-state index in [9.17, 15) is 0 Å². The van der Waals surface area contributed by atoms with E-state index in [1.165, 1.54) is 25.8 Å². The normalized spacial score (nSPS) is 12.4. The van der Waals surface area contributed by atoms with Gasteiger partial charge in [-0.15, -0.1) is 0 Å². The fourth-order valence-electron chi connectivity index (χ4n) is 2.24. The van der Waals surface area contributed by atoms with Crippen LogP contribution in [0.1, 0.15) is 28.3 Å². The van der Waals surface area contributed by atoms with Gasteiger partial charge in [-0.25, -0.2) is 0 Å². The minimum Gasteiger partial charge on any atom is -0.271 e. The first-order chi connectivity index (χ1) is 9.10. The molecule has 2 rings (SSSR count). The van der Waals surface area contributed by atoms with E-state index in [0.29, 0.717) is 0 Å². The molecule has 1 unspecified atom stereocenters. The molecule has 2 nitrogen and oxygen atoms in total. The maximum absolute atomic E-state index is 5.74. The van der Waals surface area contributed by atoms with Crippen LogP contribution in [0.15, 0.2) is 42.5 Å². The van der Waals surface area contributed by atoms with Crippen molar-refractivity contribution in [2.24, 2.45) is 5.84 Å². The lowest BCUT2D eigenvalue weighted by molar-refractivity contribution is 0.550. The first-order valence-electron chi connectivity index (χ1n) is 6.38. The minimum atomic E-state index is 0.148. The van der Waals surface area contributed by atoms with Crippen molar-refractivity contribution in [2.45, 2.75) is 26.3 Å². The third-order valence-electron chi connectivity index (χ3n) is 3.38. The molecule has 0 amide bonds. The van der Waals surface area contributed by atoms with E-state index in [1.54, 1.807) is 0 Å².